The molecule has 2 aromatic carbocycles. The second kappa shape index (κ2) is 10.4. The Balaban J connectivity index is 1.61. The van der Waals surface area contributed by atoms with E-state index in [1.807, 2.05) is 6.92 Å². The van der Waals surface area contributed by atoms with Gasteiger partial charge >= 0.3 is 6.11 Å². The summed E-state index contributed by atoms with van der Waals surface area (Å²) in [7, 11) is 0. The highest BCUT2D eigenvalue weighted by atomic mass is 19.3. The molecule has 1 fully saturated rings. The zero-order valence-corrected chi connectivity index (χ0v) is 18.1. The third-order valence-corrected chi connectivity index (χ3v) is 6.07. The second-order valence-corrected chi connectivity index (χ2v) is 8.33. The molecular formula is C25H30F4O2. The van der Waals surface area contributed by atoms with E-state index >= 15 is 0 Å². The molecule has 0 unspecified atom stereocenters. The predicted octanol–water partition coefficient (Wildman–Crippen LogP) is 7.65. The van der Waals surface area contributed by atoms with Crippen LogP contribution < -0.4 is 9.47 Å². The number of hydrogen-bond donors (Lipinski definition) is 0. The summed E-state index contributed by atoms with van der Waals surface area (Å²) in [6.07, 6.45) is 2.79. The van der Waals surface area contributed by atoms with Crippen molar-refractivity contribution in [3.63, 3.8) is 0 Å². The molecule has 0 spiro atoms. The fourth-order valence-electron chi connectivity index (χ4n) is 4.23. The highest BCUT2D eigenvalue weighted by Gasteiger charge is 2.34. The van der Waals surface area contributed by atoms with Crippen LogP contribution in [0.15, 0.2) is 36.4 Å². The average Bonchev–Trinajstić information content (AvgIpc) is 2.76. The van der Waals surface area contributed by atoms with Crippen molar-refractivity contribution in [2.75, 3.05) is 6.61 Å². The fraction of sp³-hybridized carbons (Fsp3) is 0.520. The lowest BCUT2D eigenvalue weighted by Gasteiger charge is -2.28. The molecule has 0 aliphatic heterocycles. The number of aryl methyl sites for hydroxylation is 1. The lowest BCUT2D eigenvalue weighted by Crippen LogP contribution is -2.32. The van der Waals surface area contributed by atoms with Crippen LogP contribution in [-0.4, -0.2) is 12.7 Å². The van der Waals surface area contributed by atoms with Crippen molar-refractivity contribution in [1.82, 2.24) is 0 Å². The van der Waals surface area contributed by atoms with Crippen molar-refractivity contribution < 1.29 is 27.0 Å². The summed E-state index contributed by atoms with van der Waals surface area (Å²) < 4.78 is 67.0. The summed E-state index contributed by atoms with van der Waals surface area (Å²) in [4.78, 5) is 0. The molecule has 0 heterocycles. The van der Waals surface area contributed by atoms with E-state index in [9.17, 15) is 17.6 Å². The number of rotatable bonds is 9. The zero-order valence-electron chi connectivity index (χ0n) is 18.1. The first-order chi connectivity index (χ1) is 14.8. The zero-order chi connectivity index (χ0) is 22.4. The highest BCUT2D eigenvalue weighted by molar-refractivity contribution is 5.33. The Morgan fingerprint density at radius 3 is 2.19 bits per heavy atom. The molecule has 1 aliphatic carbocycles. The standard InChI is InChI=1S/C25H30F4O2/c1-3-5-18-8-12-20(13-9-18)31-25(28,29)16-30-22-15-14-21(23(26)24(22)27)19-10-6-17(4-2)7-11-19/h8-9,12-15,17,19H,3-7,10-11,16H2,1-2H3. The smallest absolute Gasteiger partial charge is 0.432 e. The Hall–Kier alpha value is -2.24. The van der Waals surface area contributed by atoms with Gasteiger partial charge in [-0.3, -0.25) is 0 Å². The quantitative estimate of drug-likeness (QED) is 0.374. The summed E-state index contributed by atoms with van der Waals surface area (Å²) in [5.41, 5.74) is 1.32. The SMILES string of the molecule is CCCc1ccc(OC(F)(F)COc2ccc(C3CCC(CC)CC3)c(F)c2F)cc1. The Bertz CT molecular complexity index is 843. The van der Waals surface area contributed by atoms with E-state index in [4.69, 9.17) is 9.47 Å². The van der Waals surface area contributed by atoms with Crippen molar-refractivity contribution in [3.05, 3.63) is 59.2 Å². The van der Waals surface area contributed by atoms with Crippen LogP contribution in [-0.2, 0) is 6.42 Å². The summed E-state index contributed by atoms with van der Waals surface area (Å²) in [6, 6.07) is 9.04. The first kappa shape index (κ1) is 23.4. The molecule has 2 aromatic rings. The minimum atomic E-state index is -3.69. The first-order valence-electron chi connectivity index (χ1n) is 11.1. The molecule has 1 saturated carbocycles. The van der Waals surface area contributed by atoms with Crippen LogP contribution >= 0.6 is 0 Å². The Kier molecular flexibility index (Phi) is 7.84. The summed E-state index contributed by atoms with van der Waals surface area (Å²) >= 11 is 0. The van der Waals surface area contributed by atoms with E-state index in [-0.39, 0.29) is 11.7 Å². The predicted molar refractivity (Wildman–Crippen MR) is 113 cm³/mol. The molecule has 0 saturated heterocycles. The van der Waals surface area contributed by atoms with Gasteiger partial charge in [0.1, 0.15) is 5.75 Å². The minimum Gasteiger partial charge on any atom is -0.480 e. The summed E-state index contributed by atoms with van der Waals surface area (Å²) in [5, 5.41) is 0. The van der Waals surface area contributed by atoms with E-state index < -0.39 is 30.1 Å². The van der Waals surface area contributed by atoms with Crippen molar-refractivity contribution >= 4 is 0 Å². The van der Waals surface area contributed by atoms with Gasteiger partial charge in [-0.05, 0) is 73.3 Å². The normalized spacial score (nSPS) is 19.3. The van der Waals surface area contributed by atoms with Crippen molar-refractivity contribution in [1.29, 1.82) is 0 Å². The van der Waals surface area contributed by atoms with E-state index in [2.05, 4.69) is 6.92 Å². The monoisotopic (exact) mass is 438 g/mol. The van der Waals surface area contributed by atoms with Crippen LogP contribution in [0, 0.1) is 17.6 Å². The first-order valence-corrected chi connectivity index (χ1v) is 11.1. The molecule has 0 radical (unpaired) electrons. The number of benzene rings is 2. The van der Waals surface area contributed by atoms with Crippen molar-refractivity contribution in [2.24, 2.45) is 5.92 Å². The molecule has 3 rings (SSSR count). The lowest BCUT2D eigenvalue weighted by molar-refractivity contribution is -0.195. The van der Waals surface area contributed by atoms with Crippen LogP contribution in [0.2, 0.25) is 0 Å². The fourth-order valence-corrected chi connectivity index (χ4v) is 4.23. The van der Waals surface area contributed by atoms with Gasteiger partial charge in [0.05, 0.1) is 0 Å². The van der Waals surface area contributed by atoms with Gasteiger partial charge < -0.3 is 9.47 Å². The molecule has 0 atom stereocenters. The van der Waals surface area contributed by atoms with E-state index in [0.29, 0.717) is 11.5 Å². The van der Waals surface area contributed by atoms with Crippen molar-refractivity contribution in [3.8, 4) is 11.5 Å². The molecule has 0 bridgehead atoms. The van der Waals surface area contributed by atoms with Gasteiger partial charge in [0.15, 0.2) is 18.2 Å². The molecule has 0 aromatic heterocycles. The molecular weight excluding hydrogens is 408 g/mol. The summed E-state index contributed by atoms with van der Waals surface area (Å²) in [6.45, 7) is 2.95. The molecule has 2 nitrogen and oxygen atoms in total. The van der Waals surface area contributed by atoms with Gasteiger partial charge in [0, 0.05) is 0 Å². The van der Waals surface area contributed by atoms with Crippen LogP contribution in [0.3, 0.4) is 0 Å². The van der Waals surface area contributed by atoms with Gasteiger partial charge in [0.2, 0.25) is 5.82 Å². The number of alkyl halides is 2. The molecule has 6 heteroatoms. The van der Waals surface area contributed by atoms with Crippen LogP contribution in [0.5, 0.6) is 11.5 Å². The van der Waals surface area contributed by atoms with Gasteiger partial charge in [0.25, 0.3) is 0 Å². The van der Waals surface area contributed by atoms with Crippen LogP contribution in [0.4, 0.5) is 17.6 Å². The molecule has 31 heavy (non-hydrogen) atoms. The van der Waals surface area contributed by atoms with Crippen molar-refractivity contribution in [2.45, 2.75) is 70.8 Å². The number of hydrogen-bond acceptors (Lipinski definition) is 2. The largest absolute Gasteiger partial charge is 0.480 e. The third kappa shape index (κ3) is 6.14. The molecule has 0 N–H and O–H groups in total. The lowest BCUT2D eigenvalue weighted by atomic mass is 9.77. The average molecular weight is 439 g/mol. The van der Waals surface area contributed by atoms with Gasteiger partial charge in [-0.15, -0.1) is 0 Å². The van der Waals surface area contributed by atoms with Crippen LogP contribution in [0.25, 0.3) is 0 Å². The Morgan fingerprint density at radius 2 is 1.58 bits per heavy atom. The third-order valence-electron chi connectivity index (χ3n) is 6.07. The van der Waals surface area contributed by atoms with Gasteiger partial charge in [-0.1, -0.05) is 44.9 Å². The maximum Gasteiger partial charge on any atom is 0.432 e. The van der Waals surface area contributed by atoms with Gasteiger partial charge in [-0.25, -0.2) is 4.39 Å². The van der Waals surface area contributed by atoms with E-state index in [1.165, 1.54) is 24.3 Å². The Labute approximate surface area is 181 Å². The topological polar surface area (TPSA) is 18.5 Å². The van der Waals surface area contributed by atoms with Gasteiger partial charge in [-0.2, -0.15) is 13.2 Å². The second-order valence-electron chi connectivity index (χ2n) is 8.33. The van der Waals surface area contributed by atoms with E-state index in [0.717, 1.165) is 50.5 Å². The summed E-state index contributed by atoms with van der Waals surface area (Å²) in [5.74, 6) is -2.20. The molecule has 170 valence electrons. The molecule has 0 amide bonds. The number of ether oxygens (including phenoxy) is 2. The number of halogens is 4. The van der Waals surface area contributed by atoms with E-state index in [1.54, 1.807) is 12.1 Å². The maximum absolute atomic E-state index is 14.6. The highest BCUT2D eigenvalue weighted by Crippen LogP contribution is 2.39. The maximum atomic E-state index is 14.6. The molecule has 1 aliphatic rings. The Morgan fingerprint density at radius 1 is 0.903 bits per heavy atom. The minimum absolute atomic E-state index is 0.0156. The van der Waals surface area contributed by atoms with Crippen LogP contribution in [0.1, 0.15) is 69.4 Å².